The number of nitrogens with zero attached hydrogens (tertiary/aromatic N) is 2. The summed E-state index contributed by atoms with van der Waals surface area (Å²) < 4.78 is 0. The zero-order valence-electron chi connectivity index (χ0n) is 12.4. The van der Waals surface area contributed by atoms with Crippen molar-refractivity contribution in [3.63, 3.8) is 0 Å². The van der Waals surface area contributed by atoms with E-state index in [4.69, 9.17) is 0 Å². The van der Waals surface area contributed by atoms with Gasteiger partial charge in [0.25, 0.3) is 5.91 Å². The minimum Gasteiger partial charge on any atom is -0.347 e. The van der Waals surface area contributed by atoms with Crippen molar-refractivity contribution < 1.29 is 4.79 Å². The summed E-state index contributed by atoms with van der Waals surface area (Å²) in [6.45, 7) is 0.464. The molecule has 5 nitrogen and oxygen atoms in total. The Bertz CT molecular complexity index is 758. The number of carbonyl (C=O) groups excluding carboxylic acids is 1. The Morgan fingerprint density at radius 1 is 0.826 bits per heavy atom. The molecule has 0 spiro atoms. The Morgan fingerprint density at radius 2 is 1.52 bits per heavy atom. The predicted octanol–water partition coefficient (Wildman–Crippen LogP) is 3.15. The summed E-state index contributed by atoms with van der Waals surface area (Å²) in [6.07, 6.45) is 0. The number of hydrogen-bond acceptors (Lipinski definition) is 4. The molecule has 0 atom stereocenters. The van der Waals surface area contributed by atoms with Crippen molar-refractivity contribution in [2.45, 2.75) is 6.54 Å². The maximum absolute atomic E-state index is 12.1. The smallest absolute Gasteiger partial charge is 0.272 e. The van der Waals surface area contributed by atoms with Crippen LogP contribution in [0.2, 0.25) is 0 Å². The van der Waals surface area contributed by atoms with Gasteiger partial charge in [-0.15, -0.1) is 10.2 Å². The molecule has 5 heteroatoms. The highest BCUT2D eigenvalue weighted by Crippen LogP contribution is 2.12. The van der Waals surface area contributed by atoms with Crippen LogP contribution in [0.15, 0.2) is 72.8 Å². The summed E-state index contributed by atoms with van der Waals surface area (Å²) >= 11 is 0. The normalized spacial score (nSPS) is 10.1. The number of hydrogen-bond donors (Lipinski definition) is 2. The second-order valence-corrected chi connectivity index (χ2v) is 4.96. The van der Waals surface area contributed by atoms with E-state index in [0.717, 1.165) is 11.3 Å². The topological polar surface area (TPSA) is 66.9 Å². The van der Waals surface area contributed by atoms with E-state index in [0.29, 0.717) is 18.1 Å². The maximum atomic E-state index is 12.1. The van der Waals surface area contributed by atoms with Crippen LogP contribution in [0.5, 0.6) is 0 Å². The monoisotopic (exact) mass is 304 g/mol. The molecule has 0 aliphatic heterocycles. The van der Waals surface area contributed by atoms with Gasteiger partial charge in [-0.05, 0) is 29.8 Å². The number of rotatable bonds is 5. The van der Waals surface area contributed by atoms with Crippen LogP contribution in [0.1, 0.15) is 16.1 Å². The van der Waals surface area contributed by atoms with Gasteiger partial charge in [0.1, 0.15) is 0 Å². The first-order valence-electron chi connectivity index (χ1n) is 7.29. The first kappa shape index (κ1) is 14.7. The predicted molar refractivity (Wildman–Crippen MR) is 89.4 cm³/mol. The molecular formula is C18H16N4O. The highest BCUT2D eigenvalue weighted by atomic mass is 16.1. The fraction of sp³-hybridized carbons (Fsp3) is 0.0556. The van der Waals surface area contributed by atoms with Crippen molar-refractivity contribution >= 4 is 17.4 Å². The molecule has 0 saturated heterocycles. The van der Waals surface area contributed by atoms with Gasteiger partial charge in [0, 0.05) is 12.2 Å². The zero-order valence-corrected chi connectivity index (χ0v) is 12.4. The molecule has 23 heavy (non-hydrogen) atoms. The van der Waals surface area contributed by atoms with Crippen molar-refractivity contribution in [3.05, 3.63) is 84.1 Å². The van der Waals surface area contributed by atoms with Gasteiger partial charge in [-0.25, -0.2) is 0 Å². The summed E-state index contributed by atoms with van der Waals surface area (Å²) in [5.41, 5.74) is 2.25. The lowest BCUT2D eigenvalue weighted by atomic mass is 10.2. The summed E-state index contributed by atoms with van der Waals surface area (Å²) in [6, 6.07) is 22.8. The molecule has 2 N–H and O–H groups in total. The van der Waals surface area contributed by atoms with E-state index < -0.39 is 0 Å². The molecule has 0 saturated carbocycles. The minimum atomic E-state index is -0.243. The number of para-hydroxylation sites is 1. The van der Waals surface area contributed by atoms with E-state index in [1.165, 1.54) is 0 Å². The van der Waals surface area contributed by atoms with Crippen LogP contribution in [-0.4, -0.2) is 16.1 Å². The van der Waals surface area contributed by atoms with Crippen LogP contribution in [0.25, 0.3) is 0 Å². The molecule has 3 aromatic rings. The van der Waals surface area contributed by atoms with E-state index in [1.807, 2.05) is 60.7 Å². The van der Waals surface area contributed by atoms with Gasteiger partial charge < -0.3 is 10.6 Å². The second-order valence-electron chi connectivity index (χ2n) is 4.96. The highest BCUT2D eigenvalue weighted by Gasteiger charge is 2.08. The Hall–Kier alpha value is -3.21. The van der Waals surface area contributed by atoms with E-state index in [-0.39, 0.29) is 5.91 Å². The molecule has 1 aromatic heterocycles. The number of benzene rings is 2. The lowest BCUT2D eigenvalue weighted by Gasteiger charge is -2.06. The van der Waals surface area contributed by atoms with Gasteiger partial charge in [0.15, 0.2) is 11.5 Å². The van der Waals surface area contributed by atoms with Gasteiger partial charge >= 0.3 is 0 Å². The molecule has 2 aromatic carbocycles. The minimum absolute atomic E-state index is 0.243. The zero-order chi connectivity index (χ0) is 15.9. The first-order chi connectivity index (χ1) is 11.3. The lowest BCUT2D eigenvalue weighted by molar-refractivity contribution is 0.0945. The quantitative estimate of drug-likeness (QED) is 0.760. The Kier molecular flexibility index (Phi) is 4.59. The first-order valence-corrected chi connectivity index (χ1v) is 7.29. The summed E-state index contributed by atoms with van der Waals surface area (Å²) in [7, 11) is 0. The van der Waals surface area contributed by atoms with E-state index in [1.54, 1.807) is 12.1 Å². The molecule has 1 heterocycles. The third-order valence-electron chi connectivity index (χ3n) is 3.24. The van der Waals surface area contributed by atoms with E-state index in [2.05, 4.69) is 20.8 Å². The molecule has 0 aliphatic carbocycles. The van der Waals surface area contributed by atoms with Crippen molar-refractivity contribution in [2.24, 2.45) is 0 Å². The van der Waals surface area contributed by atoms with Gasteiger partial charge in [0.2, 0.25) is 0 Å². The third-order valence-corrected chi connectivity index (χ3v) is 3.24. The van der Waals surface area contributed by atoms with Gasteiger partial charge in [-0.2, -0.15) is 0 Å². The van der Waals surface area contributed by atoms with E-state index in [9.17, 15) is 4.79 Å². The molecular weight excluding hydrogens is 288 g/mol. The Balaban J connectivity index is 1.59. The van der Waals surface area contributed by atoms with Crippen LogP contribution in [0.3, 0.4) is 0 Å². The largest absolute Gasteiger partial charge is 0.347 e. The summed E-state index contributed by atoms with van der Waals surface area (Å²) in [5, 5.41) is 13.9. The Morgan fingerprint density at radius 3 is 2.17 bits per heavy atom. The average Bonchev–Trinajstić information content (AvgIpc) is 2.62. The van der Waals surface area contributed by atoms with Crippen molar-refractivity contribution in [2.75, 3.05) is 5.32 Å². The molecule has 0 radical (unpaired) electrons. The molecule has 0 bridgehead atoms. The SMILES string of the molecule is O=C(NCc1ccccc1)c1ccc(Nc2ccccc2)nn1. The van der Waals surface area contributed by atoms with Crippen LogP contribution in [0, 0.1) is 0 Å². The number of nitrogens with one attached hydrogen (secondary N) is 2. The standard InChI is InChI=1S/C18H16N4O/c23-18(19-13-14-7-3-1-4-8-14)16-11-12-17(22-21-16)20-15-9-5-2-6-10-15/h1-12H,13H2,(H,19,23)(H,20,22). The van der Waals surface area contributed by atoms with Crippen molar-refractivity contribution in [1.29, 1.82) is 0 Å². The maximum Gasteiger partial charge on any atom is 0.272 e. The molecule has 3 rings (SSSR count). The number of amides is 1. The molecule has 1 amide bonds. The molecule has 0 aliphatic rings. The fourth-order valence-electron chi connectivity index (χ4n) is 2.06. The van der Waals surface area contributed by atoms with Crippen LogP contribution in [0.4, 0.5) is 11.5 Å². The second kappa shape index (κ2) is 7.17. The molecule has 0 unspecified atom stereocenters. The molecule has 114 valence electrons. The van der Waals surface area contributed by atoms with Gasteiger partial charge in [0.05, 0.1) is 0 Å². The molecule has 0 fully saturated rings. The van der Waals surface area contributed by atoms with Crippen LogP contribution < -0.4 is 10.6 Å². The number of carbonyl (C=O) groups is 1. The van der Waals surface area contributed by atoms with Crippen molar-refractivity contribution in [3.8, 4) is 0 Å². The highest BCUT2D eigenvalue weighted by molar-refractivity contribution is 5.92. The van der Waals surface area contributed by atoms with Crippen LogP contribution in [-0.2, 0) is 6.54 Å². The summed E-state index contributed by atoms with van der Waals surface area (Å²) in [4.78, 5) is 12.1. The summed E-state index contributed by atoms with van der Waals surface area (Å²) in [5.74, 6) is 0.350. The Labute approximate surface area is 134 Å². The van der Waals surface area contributed by atoms with E-state index >= 15 is 0 Å². The number of anilines is 2. The number of aromatic nitrogens is 2. The van der Waals surface area contributed by atoms with Gasteiger partial charge in [-0.3, -0.25) is 4.79 Å². The fourth-order valence-corrected chi connectivity index (χ4v) is 2.06. The van der Waals surface area contributed by atoms with Crippen LogP contribution >= 0.6 is 0 Å². The lowest BCUT2D eigenvalue weighted by Crippen LogP contribution is -2.24. The van der Waals surface area contributed by atoms with Crippen molar-refractivity contribution in [1.82, 2.24) is 15.5 Å². The average molecular weight is 304 g/mol. The third kappa shape index (κ3) is 4.14. The van der Waals surface area contributed by atoms with Gasteiger partial charge in [-0.1, -0.05) is 48.5 Å².